The molecule has 1 aliphatic carbocycles. The standard InChI is InChI=1S/C28H29N5O2S/c1-19(22-8-7-20-5-3-4-6-23(20)17-22)30-26(34)18-36-28-32-31-27(21-13-15-29-16-14-21)33(28)24-9-11-25(35-2)12-10-24/h7-17,19H,3-6,18H2,1-2H3,(H,30,34)/t19-/m1/s1. The van der Waals surface area contributed by atoms with Crippen LogP contribution in [0.1, 0.15) is 42.5 Å². The molecule has 184 valence electrons. The molecule has 36 heavy (non-hydrogen) atoms. The van der Waals surface area contributed by atoms with Crippen molar-refractivity contribution in [2.24, 2.45) is 0 Å². The first-order valence-electron chi connectivity index (χ1n) is 12.2. The molecule has 1 aliphatic rings. The highest BCUT2D eigenvalue weighted by Gasteiger charge is 2.19. The second-order valence-electron chi connectivity index (χ2n) is 8.89. The summed E-state index contributed by atoms with van der Waals surface area (Å²) in [6.45, 7) is 2.04. The zero-order valence-electron chi connectivity index (χ0n) is 20.5. The number of fused-ring (bicyclic) bond motifs is 1. The number of hydrogen-bond acceptors (Lipinski definition) is 6. The molecular weight excluding hydrogens is 470 g/mol. The smallest absolute Gasteiger partial charge is 0.230 e. The first-order valence-corrected chi connectivity index (χ1v) is 13.1. The normalized spacial score (nSPS) is 13.6. The highest BCUT2D eigenvalue weighted by Crippen LogP contribution is 2.29. The number of methoxy groups -OCH3 is 1. The summed E-state index contributed by atoms with van der Waals surface area (Å²) in [5.41, 5.74) is 5.80. The highest BCUT2D eigenvalue weighted by molar-refractivity contribution is 7.99. The van der Waals surface area contributed by atoms with E-state index in [2.05, 4.69) is 38.7 Å². The topological polar surface area (TPSA) is 81.9 Å². The Hall–Kier alpha value is -3.65. The van der Waals surface area contributed by atoms with Crippen molar-refractivity contribution >= 4 is 17.7 Å². The Bertz CT molecular complexity index is 1340. The Morgan fingerprint density at radius 2 is 1.78 bits per heavy atom. The van der Waals surface area contributed by atoms with E-state index in [1.54, 1.807) is 19.5 Å². The van der Waals surface area contributed by atoms with Gasteiger partial charge < -0.3 is 10.1 Å². The third-order valence-electron chi connectivity index (χ3n) is 6.48. The van der Waals surface area contributed by atoms with Crippen LogP contribution in [0, 0.1) is 0 Å². The summed E-state index contributed by atoms with van der Waals surface area (Å²) >= 11 is 1.37. The maximum absolute atomic E-state index is 12.9. The average molecular weight is 500 g/mol. The fourth-order valence-corrected chi connectivity index (χ4v) is 5.30. The van der Waals surface area contributed by atoms with E-state index in [1.165, 1.54) is 35.7 Å². The van der Waals surface area contributed by atoms with Crippen molar-refractivity contribution in [3.8, 4) is 22.8 Å². The van der Waals surface area contributed by atoms with Gasteiger partial charge in [-0.05, 0) is 85.7 Å². The molecule has 1 N–H and O–H groups in total. The first-order chi connectivity index (χ1) is 17.6. The van der Waals surface area contributed by atoms with Gasteiger partial charge in [0.15, 0.2) is 11.0 Å². The van der Waals surface area contributed by atoms with Crippen LogP contribution in [0.25, 0.3) is 17.1 Å². The zero-order valence-corrected chi connectivity index (χ0v) is 21.3. The van der Waals surface area contributed by atoms with E-state index in [0.29, 0.717) is 11.0 Å². The van der Waals surface area contributed by atoms with Crippen LogP contribution in [-0.2, 0) is 17.6 Å². The van der Waals surface area contributed by atoms with Crippen LogP contribution >= 0.6 is 11.8 Å². The van der Waals surface area contributed by atoms with Gasteiger partial charge in [0.2, 0.25) is 5.91 Å². The van der Waals surface area contributed by atoms with E-state index >= 15 is 0 Å². The molecule has 0 unspecified atom stereocenters. The lowest BCUT2D eigenvalue weighted by molar-refractivity contribution is -0.119. The molecule has 0 aliphatic heterocycles. The number of aromatic nitrogens is 4. The Morgan fingerprint density at radius 3 is 2.53 bits per heavy atom. The monoisotopic (exact) mass is 499 g/mol. The number of rotatable bonds is 8. The number of thioether (sulfide) groups is 1. The summed E-state index contributed by atoms with van der Waals surface area (Å²) in [6.07, 6.45) is 8.24. The van der Waals surface area contributed by atoms with Crippen molar-refractivity contribution in [3.63, 3.8) is 0 Å². The van der Waals surface area contributed by atoms with Gasteiger partial charge in [0.25, 0.3) is 0 Å². The molecule has 0 radical (unpaired) electrons. The molecule has 2 aromatic carbocycles. The summed E-state index contributed by atoms with van der Waals surface area (Å²) < 4.78 is 7.27. The SMILES string of the molecule is COc1ccc(-n2c(SCC(=O)N[C@H](C)c3ccc4c(c3)CCCC4)nnc2-c2ccncc2)cc1. The maximum Gasteiger partial charge on any atom is 0.230 e. The van der Waals surface area contributed by atoms with Crippen LogP contribution < -0.4 is 10.1 Å². The molecule has 5 rings (SSSR count). The van der Waals surface area contributed by atoms with Crippen molar-refractivity contribution in [2.75, 3.05) is 12.9 Å². The van der Waals surface area contributed by atoms with Gasteiger partial charge in [-0.25, -0.2) is 0 Å². The van der Waals surface area contributed by atoms with Crippen LogP contribution in [0.15, 0.2) is 72.1 Å². The number of aryl methyl sites for hydroxylation is 2. The lowest BCUT2D eigenvalue weighted by Gasteiger charge is -2.20. The molecule has 8 heteroatoms. The molecule has 4 aromatic rings. The van der Waals surface area contributed by atoms with Gasteiger partial charge in [-0.3, -0.25) is 14.3 Å². The number of carbonyl (C=O) groups excluding carboxylic acids is 1. The summed E-state index contributed by atoms with van der Waals surface area (Å²) in [5.74, 6) is 1.65. The van der Waals surface area contributed by atoms with Crippen molar-refractivity contribution < 1.29 is 9.53 Å². The Kier molecular flexibility index (Phi) is 7.32. The molecule has 7 nitrogen and oxygen atoms in total. The minimum absolute atomic E-state index is 0.0417. The minimum atomic E-state index is -0.0582. The van der Waals surface area contributed by atoms with Gasteiger partial charge in [-0.1, -0.05) is 30.0 Å². The number of carbonyl (C=O) groups is 1. The van der Waals surface area contributed by atoms with Crippen LogP contribution in [-0.4, -0.2) is 38.5 Å². The minimum Gasteiger partial charge on any atom is -0.497 e. The van der Waals surface area contributed by atoms with Gasteiger partial charge in [-0.2, -0.15) is 0 Å². The Balaban J connectivity index is 1.32. The van der Waals surface area contributed by atoms with Gasteiger partial charge >= 0.3 is 0 Å². The van der Waals surface area contributed by atoms with Crippen LogP contribution in [0.3, 0.4) is 0 Å². The number of nitrogens with one attached hydrogen (secondary N) is 1. The lowest BCUT2D eigenvalue weighted by atomic mass is 9.89. The van der Waals surface area contributed by atoms with E-state index in [9.17, 15) is 4.79 Å². The molecule has 0 spiro atoms. The van der Waals surface area contributed by atoms with E-state index in [1.807, 2.05) is 47.9 Å². The predicted molar refractivity (Wildman–Crippen MR) is 142 cm³/mol. The maximum atomic E-state index is 12.9. The zero-order chi connectivity index (χ0) is 24.9. The van der Waals surface area contributed by atoms with E-state index in [-0.39, 0.29) is 17.7 Å². The summed E-state index contributed by atoms with van der Waals surface area (Å²) in [6, 6.07) is 18.1. The molecular formula is C28H29N5O2S. The molecule has 1 atom stereocenters. The largest absolute Gasteiger partial charge is 0.497 e. The molecule has 2 heterocycles. The molecule has 2 aromatic heterocycles. The fourth-order valence-electron chi connectivity index (χ4n) is 4.53. The lowest BCUT2D eigenvalue weighted by Crippen LogP contribution is -2.28. The summed E-state index contributed by atoms with van der Waals surface area (Å²) in [5, 5.41) is 12.6. The van der Waals surface area contributed by atoms with Gasteiger partial charge in [0.05, 0.1) is 18.9 Å². The van der Waals surface area contributed by atoms with Crippen molar-refractivity contribution in [1.82, 2.24) is 25.1 Å². The number of ether oxygens (including phenoxy) is 1. The number of amides is 1. The Morgan fingerprint density at radius 1 is 1.03 bits per heavy atom. The molecule has 0 bridgehead atoms. The highest BCUT2D eigenvalue weighted by atomic mass is 32.2. The first kappa shape index (κ1) is 24.1. The van der Waals surface area contributed by atoms with Crippen molar-refractivity contribution in [2.45, 2.75) is 43.8 Å². The van der Waals surface area contributed by atoms with Crippen LogP contribution in [0.5, 0.6) is 5.75 Å². The van der Waals surface area contributed by atoms with E-state index < -0.39 is 0 Å². The third-order valence-corrected chi connectivity index (χ3v) is 7.41. The summed E-state index contributed by atoms with van der Waals surface area (Å²) in [4.78, 5) is 17.0. The molecule has 1 amide bonds. The predicted octanol–water partition coefficient (Wildman–Crippen LogP) is 5.19. The van der Waals surface area contributed by atoms with Crippen molar-refractivity contribution in [3.05, 3.63) is 83.7 Å². The molecule has 0 saturated heterocycles. The molecule has 0 saturated carbocycles. The van der Waals surface area contributed by atoms with Gasteiger partial charge in [-0.15, -0.1) is 10.2 Å². The summed E-state index contributed by atoms with van der Waals surface area (Å²) in [7, 11) is 1.64. The number of hydrogen-bond donors (Lipinski definition) is 1. The molecule has 0 fully saturated rings. The van der Waals surface area contributed by atoms with Crippen molar-refractivity contribution in [1.29, 1.82) is 0 Å². The fraction of sp³-hybridized carbons (Fsp3) is 0.286. The Labute approximate surface area is 215 Å². The number of pyridine rings is 1. The number of nitrogens with zero attached hydrogens (tertiary/aromatic N) is 4. The van der Waals surface area contributed by atoms with Gasteiger partial charge in [0.1, 0.15) is 5.75 Å². The average Bonchev–Trinajstić information content (AvgIpc) is 3.36. The van der Waals surface area contributed by atoms with Gasteiger partial charge in [0, 0.05) is 23.6 Å². The van der Waals surface area contributed by atoms with Crippen LogP contribution in [0.4, 0.5) is 0 Å². The second-order valence-corrected chi connectivity index (χ2v) is 9.83. The van der Waals surface area contributed by atoms with E-state index in [0.717, 1.165) is 35.4 Å². The number of benzene rings is 2. The third kappa shape index (κ3) is 5.28. The quantitative estimate of drug-likeness (QED) is 0.336. The van der Waals surface area contributed by atoms with E-state index in [4.69, 9.17) is 4.74 Å². The second kappa shape index (κ2) is 11.0. The van der Waals surface area contributed by atoms with Crippen LogP contribution in [0.2, 0.25) is 0 Å².